The van der Waals surface area contributed by atoms with Gasteiger partial charge in [0.25, 0.3) is 0 Å². The first-order valence-corrected chi connectivity index (χ1v) is 7.43. The number of nitrogens with zero attached hydrogens (tertiary/aromatic N) is 1. The molecule has 3 nitrogen and oxygen atoms in total. The highest BCUT2D eigenvalue weighted by Crippen LogP contribution is 2.25. The van der Waals surface area contributed by atoms with Crippen LogP contribution >= 0.6 is 11.8 Å². The van der Waals surface area contributed by atoms with Crippen molar-refractivity contribution >= 4 is 11.8 Å². The predicted octanol–water partition coefficient (Wildman–Crippen LogP) is 3.74. The minimum Gasteiger partial charge on any atom is -0.468 e. The summed E-state index contributed by atoms with van der Waals surface area (Å²) in [6.07, 6.45) is 4.68. The smallest absolute Gasteiger partial charge is 0.114 e. The van der Waals surface area contributed by atoms with Gasteiger partial charge in [-0.1, -0.05) is 6.92 Å². The quantitative estimate of drug-likeness (QED) is 0.575. The molecule has 0 saturated heterocycles. The third-order valence-corrected chi connectivity index (χ3v) is 4.13. The van der Waals surface area contributed by atoms with E-state index in [1.54, 1.807) is 18.0 Å². The molecule has 1 rings (SSSR count). The summed E-state index contributed by atoms with van der Waals surface area (Å²) in [5.74, 6) is 2.00. The van der Waals surface area contributed by atoms with Crippen LogP contribution in [0.5, 0.6) is 0 Å². The van der Waals surface area contributed by atoms with E-state index in [0.29, 0.717) is 0 Å². The van der Waals surface area contributed by atoms with Crippen molar-refractivity contribution in [1.29, 1.82) is 5.26 Å². The predicted molar refractivity (Wildman–Crippen MR) is 75.7 cm³/mol. The van der Waals surface area contributed by atoms with E-state index in [1.807, 2.05) is 19.9 Å². The standard InChI is InChI=1S/C14H22N2OS/c1-4-8-16-14(3,11-15)7-5-10-18-13-6-9-17-12(13)2/h6,9,16H,4-5,7-8,10H2,1-3H3. The van der Waals surface area contributed by atoms with E-state index in [1.165, 1.54) is 4.90 Å². The largest absolute Gasteiger partial charge is 0.468 e. The molecule has 0 spiro atoms. The lowest BCUT2D eigenvalue weighted by Gasteiger charge is -2.22. The van der Waals surface area contributed by atoms with E-state index in [-0.39, 0.29) is 5.54 Å². The molecule has 1 unspecified atom stereocenters. The van der Waals surface area contributed by atoms with E-state index in [2.05, 4.69) is 18.3 Å². The summed E-state index contributed by atoms with van der Waals surface area (Å²) in [6, 6.07) is 4.38. The van der Waals surface area contributed by atoms with Gasteiger partial charge in [0, 0.05) is 4.90 Å². The molecular formula is C14H22N2OS. The van der Waals surface area contributed by atoms with Crippen LogP contribution < -0.4 is 5.32 Å². The SMILES string of the molecule is CCCNC(C)(C#N)CCCSc1ccoc1C. The van der Waals surface area contributed by atoms with Crippen LogP contribution in [0.2, 0.25) is 0 Å². The van der Waals surface area contributed by atoms with Crippen molar-refractivity contribution in [3.8, 4) is 6.07 Å². The molecule has 0 aromatic carbocycles. The second-order valence-electron chi connectivity index (χ2n) is 4.66. The maximum absolute atomic E-state index is 9.21. The second-order valence-corrected chi connectivity index (χ2v) is 5.80. The molecule has 0 aliphatic carbocycles. The molecule has 100 valence electrons. The lowest BCUT2D eigenvalue weighted by molar-refractivity contribution is 0.415. The highest BCUT2D eigenvalue weighted by molar-refractivity contribution is 7.99. The molecule has 1 aromatic rings. The van der Waals surface area contributed by atoms with Crippen molar-refractivity contribution in [3.05, 3.63) is 18.1 Å². The van der Waals surface area contributed by atoms with Crippen LogP contribution in [0.25, 0.3) is 0 Å². The number of nitriles is 1. The zero-order chi connectivity index (χ0) is 13.4. The minimum absolute atomic E-state index is 0.387. The van der Waals surface area contributed by atoms with Gasteiger partial charge in [0.1, 0.15) is 11.3 Å². The van der Waals surface area contributed by atoms with E-state index < -0.39 is 0 Å². The summed E-state index contributed by atoms with van der Waals surface area (Å²) in [5.41, 5.74) is -0.387. The van der Waals surface area contributed by atoms with Gasteiger partial charge in [0.05, 0.1) is 12.3 Å². The maximum Gasteiger partial charge on any atom is 0.114 e. The molecule has 1 N–H and O–H groups in total. The van der Waals surface area contributed by atoms with Crippen LogP contribution in [-0.2, 0) is 0 Å². The minimum atomic E-state index is -0.387. The fourth-order valence-corrected chi connectivity index (χ4v) is 2.63. The lowest BCUT2D eigenvalue weighted by Crippen LogP contribution is -2.41. The van der Waals surface area contributed by atoms with Crippen LogP contribution in [0.15, 0.2) is 21.6 Å². The summed E-state index contributed by atoms with van der Waals surface area (Å²) < 4.78 is 5.25. The van der Waals surface area contributed by atoms with Crippen LogP contribution in [0.4, 0.5) is 0 Å². The number of furan rings is 1. The van der Waals surface area contributed by atoms with Gasteiger partial charge in [0.2, 0.25) is 0 Å². The summed E-state index contributed by atoms with van der Waals surface area (Å²) in [4.78, 5) is 1.20. The van der Waals surface area contributed by atoms with Crippen molar-refractivity contribution in [1.82, 2.24) is 5.32 Å². The maximum atomic E-state index is 9.21. The number of thioether (sulfide) groups is 1. The number of hydrogen-bond acceptors (Lipinski definition) is 4. The molecule has 0 bridgehead atoms. The zero-order valence-corrected chi connectivity index (χ0v) is 12.3. The summed E-state index contributed by atoms with van der Waals surface area (Å²) in [6.45, 7) is 6.97. The van der Waals surface area contributed by atoms with Crippen molar-refractivity contribution < 1.29 is 4.42 Å². The average molecular weight is 266 g/mol. The monoisotopic (exact) mass is 266 g/mol. The molecule has 0 aliphatic rings. The molecule has 4 heteroatoms. The van der Waals surface area contributed by atoms with Crippen molar-refractivity contribution in [2.24, 2.45) is 0 Å². The highest BCUT2D eigenvalue weighted by Gasteiger charge is 2.21. The number of nitrogens with one attached hydrogen (secondary N) is 1. The molecule has 1 atom stereocenters. The van der Waals surface area contributed by atoms with Crippen LogP contribution in [0.1, 0.15) is 38.9 Å². The summed E-state index contributed by atoms with van der Waals surface area (Å²) in [7, 11) is 0. The van der Waals surface area contributed by atoms with Crippen LogP contribution in [0.3, 0.4) is 0 Å². The highest BCUT2D eigenvalue weighted by atomic mass is 32.2. The van der Waals surface area contributed by atoms with Gasteiger partial charge >= 0.3 is 0 Å². The fourth-order valence-electron chi connectivity index (χ4n) is 1.72. The average Bonchev–Trinajstić information content (AvgIpc) is 2.78. The summed E-state index contributed by atoms with van der Waals surface area (Å²) >= 11 is 1.80. The van der Waals surface area contributed by atoms with Gasteiger partial charge in [-0.3, -0.25) is 5.32 Å². The zero-order valence-electron chi connectivity index (χ0n) is 11.5. The molecular weight excluding hydrogens is 244 g/mol. The number of rotatable bonds is 8. The molecule has 0 fully saturated rings. The Labute approximate surface area is 114 Å². The normalized spacial score (nSPS) is 14.1. The third-order valence-electron chi connectivity index (χ3n) is 2.90. The van der Waals surface area contributed by atoms with E-state index in [4.69, 9.17) is 4.42 Å². The Morgan fingerprint density at radius 2 is 2.33 bits per heavy atom. The fraction of sp³-hybridized carbons (Fsp3) is 0.643. The van der Waals surface area contributed by atoms with E-state index in [9.17, 15) is 5.26 Å². The number of aryl methyl sites for hydroxylation is 1. The first-order valence-electron chi connectivity index (χ1n) is 6.44. The first kappa shape index (κ1) is 15.1. The Kier molecular flexibility index (Phi) is 6.31. The Morgan fingerprint density at radius 1 is 1.56 bits per heavy atom. The van der Waals surface area contributed by atoms with Crippen molar-refractivity contribution in [2.75, 3.05) is 12.3 Å². The third kappa shape index (κ3) is 4.75. The molecule has 1 aromatic heterocycles. The molecule has 1 heterocycles. The van der Waals surface area contributed by atoms with Gasteiger partial charge in [-0.2, -0.15) is 5.26 Å². The molecule has 0 aliphatic heterocycles. The summed E-state index contributed by atoms with van der Waals surface area (Å²) in [5, 5.41) is 12.5. The van der Waals surface area contributed by atoms with Crippen LogP contribution in [-0.4, -0.2) is 17.8 Å². The van der Waals surface area contributed by atoms with Gasteiger partial charge in [-0.05, 0) is 51.5 Å². The molecule has 0 amide bonds. The Bertz CT molecular complexity index is 397. The Morgan fingerprint density at radius 3 is 2.89 bits per heavy atom. The van der Waals surface area contributed by atoms with E-state index in [0.717, 1.165) is 37.3 Å². The van der Waals surface area contributed by atoms with Crippen molar-refractivity contribution in [3.63, 3.8) is 0 Å². The first-order chi connectivity index (χ1) is 8.61. The molecule has 18 heavy (non-hydrogen) atoms. The van der Waals surface area contributed by atoms with Crippen LogP contribution in [0, 0.1) is 18.3 Å². The van der Waals surface area contributed by atoms with Gasteiger partial charge < -0.3 is 4.42 Å². The van der Waals surface area contributed by atoms with Crippen molar-refractivity contribution in [2.45, 2.75) is 50.5 Å². The Balaban J connectivity index is 2.28. The molecule has 0 radical (unpaired) electrons. The van der Waals surface area contributed by atoms with Gasteiger partial charge in [0.15, 0.2) is 0 Å². The topological polar surface area (TPSA) is 49.0 Å². The number of hydrogen-bond donors (Lipinski definition) is 1. The van der Waals surface area contributed by atoms with Gasteiger partial charge in [-0.15, -0.1) is 11.8 Å². The molecule has 0 saturated carbocycles. The Hall–Kier alpha value is -0.920. The second kappa shape index (κ2) is 7.50. The van der Waals surface area contributed by atoms with Gasteiger partial charge in [-0.25, -0.2) is 0 Å². The lowest BCUT2D eigenvalue weighted by atomic mass is 9.98. The van der Waals surface area contributed by atoms with E-state index >= 15 is 0 Å².